The zero-order valence-corrected chi connectivity index (χ0v) is 28.5. The summed E-state index contributed by atoms with van der Waals surface area (Å²) in [4.78, 5) is 56.2. The summed E-state index contributed by atoms with van der Waals surface area (Å²) in [6.07, 6.45) is -0.228. The van der Waals surface area contributed by atoms with Crippen LogP contribution >= 0.6 is 0 Å². The molecule has 4 aromatic rings. The van der Waals surface area contributed by atoms with E-state index in [2.05, 4.69) is 16.0 Å². The van der Waals surface area contributed by atoms with Crippen LogP contribution in [0, 0.1) is 5.82 Å². The normalized spacial score (nSPS) is 17.5. The number of halogens is 1. The van der Waals surface area contributed by atoms with Gasteiger partial charge >= 0.3 is 0 Å². The number of nitrogens with zero attached hydrogens (tertiary/aromatic N) is 1. The third-order valence-corrected chi connectivity index (χ3v) is 8.13. The highest BCUT2D eigenvalue weighted by molar-refractivity contribution is 6.01. The molecule has 0 spiro atoms. The van der Waals surface area contributed by atoms with E-state index in [9.17, 15) is 23.6 Å². The first-order chi connectivity index (χ1) is 24.7. The van der Waals surface area contributed by atoms with Gasteiger partial charge in [0, 0.05) is 19.0 Å². The van der Waals surface area contributed by atoms with Crippen molar-refractivity contribution in [1.29, 1.82) is 0 Å². The van der Waals surface area contributed by atoms with E-state index in [1.165, 1.54) is 18.2 Å². The number of carbonyl (C=O) groups excluding carboxylic acids is 4. The van der Waals surface area contributed by atoms with Gasteiger partial charge in [-0.25, -0.2) is 4.39 Å². The van der Waals surface area contributed by atoms with Crippen molar-refractivity contribution in [2.24, 2.45) is 0 Å². The van der Waals surface area contributed by atoms with E-state index in [0.717, 1.165) is 5.56 Å². The van der Waals surface area contributed by atoms with Crippen molar-refractivity contribution in [3.05, 3.63) is 120 Å². The van der Waals surface area contributed by atoms with Crippen molar-refractivity contribution >= 4 is 23.6 Å². The predicted molar refractivity (Wildman–Crippen MR) is 188 cm³/mol. The molecular formula is C39H41FN4O7. The van der Waals surface area contributed by atoms with Gasteiger partial charge in [-0.1, -0.05) is 60.7 Å². The van der Waals surface area contributed by atoms with E-state index in [0.29, 0.717) is 12.3 Å². The van der Waals surface area contributed by atoms with Crippen LogP contribution < -0.4 is 30.2 Å². The Labute approximate surface area is 296 Å². The summed E-state index contributed by atoms with van der Waals surface area (Å²) in [5.41, 5.74) is 1.01. The lowest BCUT2D eigenvalue weighted by atomic mass is 10.0. The average Bonchev–Trinajstić information content (AvgIpc) is 3.13. The van der Waals surface area contributed by atoms with Crippen molar-refractivity contribution in [2.75, 3.05) is 26.3 Å². The molecule has 1 aliphatic heterocycles. The van der Waals surface area contributed by atoms with Gasteiger partial charge in [0.2, 0.25) is 17.7 Å². The monoisotopic (exact) mass is 696 g/mol. The fraction of sp³-hybridized carbons (Fsp3) is 0.282. The summed E-state index contributed by atoms with van der Waals surface area (Å²) < 4.78 is 31.8. The Morgan fingerprint density at radius 1 is 0.941 bits per heavy atom. The topological polar surface area (TPSA) is 135 Å². The lowest BCUT2D eigenvalue weighted by molar-refractivity contribution is -0.137. The molecule has 4 amide bonds. The molecule has 0 fully saturated rings. The standard InChI is InChI=1S/C39H41FN4O7/c1-3-44-20-21-49-33-17-11-10-16-30(33)37(46)43-31(24-36(45)42-32(39(44)48)22-27-12-6-4-7-13-27)38(47)41-26(2)25-50-34-19-18-28(40)23-35(34)51-29-14-8-5-9-15-29/h4-19,23,26,31-32H,3,20-22,24-25H2,1-2H3,(H,41,47)(H,42,45)(H,43,46)/t26-,31+,32-/m1/s1. The molecule has 5 rings (SSSR count). The lowest BCUT2D eigenvalue weighted by Gasteiger charge is -2.28. The molecule has 0 saturated carbocycles. The van der Waals surface area contributed by atoms with Crippen LogP contribution in [0.4, 0.5) is 4.39 Å². The van der Waals surface area contributed by atoms with Gasteiger partial charge in [0.15, 0.2) is 11.5 Å². The summed E-state index contributed by atoms with van der Waals surface area (Å²) >= 11 is 0. The van der Waals surface area contributed by atoms with E-state index in [1.54, 1.807) is 60.4 Å². The molecule has 3 atom stereocenters. The SMILES string of the molecule is CCN1CCOc2ccccc2C(=O)N[C@H](C(=O)N[C@H](C)COc2ccc(F)cc2Oc2ccccc2)CC(=O)N[C@H](Cc2ccccc2)C1=O. The Balaban J connectivity index is 1.33. The molecule has 12 heteroatoms. The molecule has 0 aromatic heterocycles. The molecule has 3 N–H and O–H groups in total. The average molecular weight is 697 g/mol. The van der Waals surface area contributed by atoms with Gasteiger partial charge in [-0.3, -0.25) is 19.2 Å². The van der Waals surface area contributed by atoms with Crippen LogP contribution in [0.3, 0.4) is 0 Å². The number of para-hydroxylation sites is 2. The Hall–Kier alpha value is -5.91. The fourth-order valence-corrected chi connectivity index (χ4v) is 5.52. The van der Waals surface area contributed by atoms with Crippen LogP contribution in [-0.4, -0.2) is 73.0 Å². The number of rotatable bonds is 10. The minimum Gasteiger partial charge on any atom is -0.491 e. The molecule has 0 unspecified atom stereocenters. The highest BCUT2D eigenvalue weighted by atomic mass is 19.1. The number of benzene rings is 4. The summed E-state index contributed by atoms with van der Waals surface area (Å²) in [7, 11) is 0. The molecule has 51 heavy (non-hydrogen) atoms. The zero-order chi connectivity index (χ0) is 36.2. The smallest absolute Gasteiger partial charge is 0.255 e. The molecule has 266 valence electrons. The van der Waals surface area contributed by atoms with Crippen molar-refractivity contribution in [3.63, 3.8) is 0 Å². The van der Waals surface area contributed by atoms with Crippen molar-refractivity contribution in [2.45, 2.75) is 44.8 Å². The van der Waals surface area contributed by atoms with Crippen LogP contribution in [0.15, 0.2) is 103 Å². The Kier molecular flexibility index (Phi) is 12.6. The second-order valence-electron chi connectivity index (χ2n) is 12.0. The maximum atomic E-state index is 14.1. The van der Waals surface area contributed by atoms with E-state index in [4.69, 9.17) is 14.2 Å². The third kappa shape index (κ3) is 10.3. The lowest BCUT2D eigenvalue weighted by Crippen LogP contribution is -2.54. The minimum absolute atomic E-state index is 0.0490. The number of hydrogen-bond acceptors (Lipinski definition) is 7. The quantitative estimate of drug-likeness (QED) is 0.220. The Morgan fingerprint density at radius 2 is 1.65 bits per heavy atom. The van der Waals surface area contributed by atoms with E-state index >= 15 is 0 Å². The molecule has 0 radical (unpaired) electrons. The maximum Gasteiger partial charge on any atom is 0.255 e. The van der Waals surface area contributed by atoms with Gasteiger partial charge in [0.05, 0.1) is 24.6 Å². The number of amides is 4. The number of fused-ring (bicyclic) bond motifs is 1. The number of nitrogens with one attached hydrogen (secondary N) is 3. The zero-order valence-electron chi connectivity index (χ0n) is 28.5. The van der Waals surface area contributed by atoms with Gasteiger partial charge in [0.25, 0.3) is 5.91 Å². The van der Waals surface area contributed by atoms with E-state index in [1.807, 2.05) is 43.3 Å². The van der Waals surface area contributed by atoms with Gasteiger partial charge < -0.3 is 35.1 Å². The third-order valence-electron chi connectivity index (χ3n) is 8.13. The van der Waals surface area contributed by atoms with Crippen molar-refractivity contribution in [3.8, 4) is 23.0 Å². The first-order valence-corrected chi connectivity index (χ1v) is 16.8. The Bertz CT molecular complexity index is 1810. The van der Waals surface area contributed by atoms with Crippen LogP contribution in [0.25, 0.3) is 0 Å². The van der Waals surface area contributed by atoms with Gasteiger partial charge in [-0.15, -0.1) is 0 Å². The maximum absolute atomic E-state index is 14.1. The summed E-state index contributed by atoms with van der Waals surface area (Å²) in [5.74, 6) is -1.51. The Morgan fingerprint density at radius 3 is 2.39 bits per heavy atom. The molecule has 0 aliphatic carbocycles. The van der Waals surface area contributed by atoms with Crippen LogP contribution in [0.1, 0.15) is 36.2 Å². The van der Waals surface area contributed by atoms with E-state index < -0.39 is 48.1 Å². The molecule has 1 aliphatic rings. The highest BCUT2D eigenvalue weighted by Crippen LogP contribution is 2.32. The highest BCUT2D eigenvalue weighted by Gasteiger charge is 2.31. The first kappa shape index (κ1) is 36.4. The van der Waals surface area contributed by atoms with Gasteiger partial charge in [-0.2, -0.15) is 0 Å². The van der Waals surface area contributed by atoms with E-state index in [-0.39, 0.29) is 54.9 Å². The van der Waals surface area contributed by atoms with Crippen LogP contribution in [0.5, 0.6) is 23.0 Å². The summed E-state index contributed by atoms with van der Waals surface area (Å²) in [6.45, 7) is 4.17. The van der Waals surface area contributed by atoms with Crippen LogP contribution in [-0.2, 0) is 20.8 Å². The largest absolute Gasteiger partial charge is 0.491 e. The second-order valence-corrected chi connectivity index (χ2v) is 12.0. The first-order valence-electron chi connectivity index (χ1n) is 16.8. The summed E-state index contributed by atoms with van der Waals surface area (Å²) in [6, 6.07) is 25.7. The van der Waals surface area contributed by atoms with Gasteiger partial charge in [0.1, 0.15) is 42.6 Å². The molecule has 4 aromatic carbocycles. The summed E-state index contributed by atoms with van der Waals surface area (Å²) in [5, 5.41) is 8.29. The van der Waals surface area contributed by atoms with Crippen molar-refractivity contribution in [1.82, 2.24) is 20.9 Å². The molecule has 0 bridgehead atoms. The number of hydrogen-bond donors (Lipinski definition) is 3. The fourth-order valence-electron chi connectivity index (χ4n) is 5.52. The second kappa shape index (κ2) is 17.7. The molecule has 11 nitrogen and oxygen atoms in total. The number of carbonyl (C=O) groups is 4. The molecular weight excluding hydrogens is 655 g/mol. The number of likely N-dealkylation sites (N-methyl/N-ethyl adjacent to an activating group) is 1. The predicted octanol–water partition coefficient (Wildman–Crippen LogP) is 4.66. The minimum atomic E-state index is -1.33. The van der Waals surface area contributed by atoms with Gasteiger partial charge in [-0.05, 0) is 55.8 Å². The molecule has 0 saturated heterocycles. The molecule has 1 heterocycles. The van der Waals surface area contributed by atoms with Crippen LogP contribution in [0.2, 0.25) is 0 Å². The number of ether oxygens (including phenoxy) is 3. The van der Waals surface area contributed by atoms with Crippen molar-refractivity contribution < 1.29 is 37.8 Å².